The fourth-order valence-electron chi connectivity index (χ4n) is 2.59. The van der Waals surface area contributed by atoms with Crippen LogP contribution in [0.2, 0.25) is 0 Å². The lowest BCUT2D eigenvalue weighted by atomic mass is 9.79. The molecular formula is C13H26N2O. The molecule has 0 saturated heterocycles. The fourth-order valence-corrected chi connectivity index (χ4v) is 2.59. The van der Waals surface area contributed by atoms with Gasteiger partial charge in [0.1, 0.15) is 0 Å². The molecule has 0 aromatic rings. The van der Waals surface area contributed by atoms with Crippen molar-refractivity contribution < 1.29 is 4.79 Å². The molecule has 94 valence electrons. The maximum absolute atomic E-state index is 12.3. The van der Waals surface area contributed by atoms with Crippen LogP contribution >= 0.6 is 0 Å². The van der Waals surface area contributed by atoms with Crippen molar-refractivity contribution >= 4 is 5.91 Å². The van der Waals surface area contributed by atoms with Gasteiger partial charge in [0.2, 0.25) is 5.91 Å². The zero-order valence-electron chi connectivity index (χ0n) is 11.1. The molecule has 0 bridgehead atoms. The molecule has 3 unspecified atom stereocenters. The smallest absolute Gasteiger partial charge is 0.225 e. The molecular weight excluding hydrogens is 200 g/mol. The summed E-state index contributed by atoms with van der Waals surface area (Å²) in [5, 5.41) is 0. The molecule has 1 aliphatic rings. The molecule has 2 N–H and O–H groups in total. The van der Waals surface area contributed by atoms with Crippen molar-refractivity contribution in [3.8, 4) is 0 Å². The van der Waals surface area contributed by atoms with E-state index in [9.17, 15) is 4.79 Å². The van der Waals surface area contributed by atoms with Crippen molar-refractivity contribution in [1.82, 2.24) is 4.90 Å². The highest BCUT2D eigenvalue weighted by Crippen LogP contribution is 2.29. The average Bonchev–Trinajstić information content (AvgIpc) is 2.22. The van der Waals surface area contributed by atoms with Crippen LogP contribution in [0.15, 0.2) is 0 Å². The van der Waals surface area contributed by atoms with Crippen LogP contribution in [0, 0.1) is 11.8 Å². The lowest BCUT2D eigenvalue weighted by Crippen LogP contribution is -2.45. The summed E-state index contributed by atoms with van der Waals surface area (Å²) in [5.74, 6) is 1.03. The Morgan fingerprint density at radius 1 is 1.44 bits per heavy atom. The van der Waals surface area contributed by atoms with Gasteiger partial charge < -0.3 is 10.6 Å². The maximum atomic E-state index is 12.3. The van der Waals surface area contributed by atoms with Crippen LogP contribution in [0.25, 0.3) is 0 Å². The Labute approximate surface area is 99.4 Å². The minimum Gasteiger partial charge on any atom is -0.340 e. The molecule has 1 saturated carbocycles. The first kappa shape index (κ1) is 13.5. The second-order valence-corrected chi connectivity index (χ2v) is 5.37. The predicted molar refractivity (Wildman–Crippen MR) is 67.0 cm³/mol. The van der Waals surface area contributed by atoms with E-state index in [2.05, 4.69) is 20.8 Å². The fraction of sp³-hybridized carbons (Fsp3) is 0.923. The average molecular weight is 226 g/mol. The number of carbonyl (C=O) groups excluding carboxylic acids is 1. The summed E-state index contributed by atoms with van der Waals surface area (Å²) >= 11 is 0. The number of carbonyl (C=O) groups is 1. The number of amides is 1. The third kappa shape index (κ3) is 2.97. The van der Waals surface area contributed by atoms with Crippen molar-refractivity contribution in [2.75, 3.05) is 6.54 Å². The molecule has 0 spiro atoms. The monoisotopic (exact) mass is 226 g/mol. The van der Waals surface area contributed by atoms with Gasteiger partial charge in [-0.2, -0.15) is 0 Å². The number of rotatable bonds is 3. The van der Waals surface area contributed by atoms with Gasteiger partial charge in [0.25, 0.3) is 0 Å². The summed E-state index contributed by atoms with van der Waals surface area (Å²) < 4.78 is 0. The molecule has 3 nitrogen and oxygen atoms in total. The van der Waals surface area contributed by atoms with Crippen LogP contribution in [0.1, 0.15) is 47.0 Å². The Kier molecular flexibility index (Phi) is 4.78. The second kappa shape index (κ2) is 5.67. The van der Waals surface area contributed by atoms with Gasteiger partial charge in [0, 0.05) is 24.5 Å². The maximum Gasteiger partial charge on any atom is 0.225 e. The predicted octanol–water partition coefficient (Wildman–Crippen LogP) is 2.01. The third-order valence-corrected chi connectivity index (χ3v) is 3.85. The van der Waals surface area contributed by atoms with Gasteiger partial charge in [0.15, 0.2) is 0 Å². The van der Waals surface area contributed by atoms with Gasteiger partial charge in [-0.05, 0) is 46.0 Å². The highest BCUT2D eigenvalue weighted by atomic mass is 16.2. The molecule has 0 heterocycles. The molecule has 0 aliphatic heterocycles. The van der Waals surface area contributed by atoms with E-state index >= 15 is 0 Å². The summed E-state index contributed by atoms with van der Waals surface area (Å²) in [5.41, 5.74) is 6.05. The number of nitrogens with zero attached hydrogens (tertiary/aromatic N) is 1. The molecule has 0 aromatic carbocycles. The molecule has 1 fully saturated rings. The normalized spacial score (nSPS) is 30.5. The summed E-state index contributed by atoms with van der Waals surface area (Å²) in [6, 6.07) is 0.502. The zero-order chi connectivity index (χ0) is 12.3. The number of nitrogens with two attached hydrogens (primary N) is 1. The van der Waals surface area contributed by atoms with Crippen molar-refractivity contribution in [3.05, 3.63) is 0 Å². The summed E-state index contributed by atoms with van der Waals surface area (Å²) in [7, 11) is 0. The topological polar surface area (TPSA) is 46.3 Å². The number of hydrogen-bond donors (Lipinski definition) is 1. The third-order valence-electron chi connectivity index (χ3n) is 3.85. The summed E-state index contributed by atoms with van der Waals surface area (Å²) in [6.45, 7) is 9.19. The van der Waals surface area contributed by atoms with Crippen LogP contribution in [0.5, 0.6) is 0 Å². The van der Waals surface area contributed by atoms with E-state index in [-0.39, 0.29) is 12.0 Å². The molecule has 1 aliphatic carbocycles. The van der Waals surface area contributed by atoms with E-state index in [0.29, 0.717) is 17.9 Å². The van der Waals surface area contributed by atoms with E-state index in [4.69, 9.17) is 5.73 Å². The Hall–Kier alpha value is -0.570. The highest BCUT2D eigenvalue weighted by molar-refractivity contribution is 5.79. The van der Waals surface area contributed by atoms with Gasteiger partial charge in [-0.15, -0.1) is 0 Å². The first-order valence-corrected chi connectivity index (χ1v) is 6.53. The first-order chi connectivity index (χ1) is 7.47. The second-order valence-electron chi connectivity index (χ2n) is 5.37. The minimum atomic E-state index is 0.161. The molecule has 1 rings (SSSR count). The van der Waals surface area contributed by atoms with Crippen LogP contribution in [0.4, 0.5) is 0 Å². The van der Waals surface area contributed by atoms with Crippen molar-refractivity contribution in [2.24, 2.45) is 17.6 Å². The van der Waals surface area contributed by atoms with E-state index in [0.717, 1.165) is 25.8 Å². The molecule has 3 atom stereocenters. The van der Waals surface area contributed by atoms with Crippen LogP contribution in [-0.2, 0) is 4.79 Å². The zero-order valence-corrected chi connectivity index (χ0v) is 11.1. The number of hydrogen-bond acceptors (Lipinski definition) is 2. The molecule has 3 heteroatoms. The van der Waals surface area contributed by atoms with Crippen LogP contribution in [0.3, 0.4) is 0 Å². The summed E-state index contributed by atoms with van der Waals surface area (Å²) in [4.78, 5) is 14.3. The quantitative estimate of drug-likeness (QED) is 0.800. The van der Waals surface area contributed by atoms with Gasteiger partial charge in [-0.1, -0.05) is 6.92 Å². The SMILES string of the molecule is CCN(C(=O)C1CCC(C)C(N)C1)C(C)C. The molecule has 0 radical (unpaired) electrons. The molecule has 16 heavy (non-hydrogen) atoms. The Bertz CT molecular complexity index is 240. The standard InChI is InChI=1S/C13H26N2O/c1-5-15(9(2)3)13(16)11-7-6-10(4)12(14)8-11/h9-12H,5-8,14H2,1-4H3. The minimum absolute atomic E-state index is 0.161. The van der Waals surface area contributed by atoms with E-state index in [1.54, 1.807) is 0 Å². The van der Waals surface area contributed by atoms with E-state index in [1.165, 1.54) is 0 Å². The highest BCUT2D eigenvalue weighted by Gasteiger charge is 2.32. The van der Waals surface area contributed by atoms with Crippen molar-refractivity contribution in [2.45, 2.75) is 59.0 Å². The lowest BCUT2D eigenvalue weighted by Gasteiger charge is -2.35. The van der Waals surface area contributed by atoms with E-state index in [1.807, 2.05) is 11.8 Å². The van der Waals surface area contributed by atoms with Crippen LogP contribution in [-0.4, -0.2) is 29.4 Å². The van der Waals surface area contributed by atoms with Gasteiger partial charge in [-0.3, -0.25) is 4.79 Å². The first-order valence-electron chi connectivity index (χ1n) is 6.53. The molecule has 1 amide bonds. The van der Waals surface area contributed by atoms with Crippen molar-refractivity contribution in [3.63, 3.8) is 0 Å². The van der Waals surface area contributed by atoms with Gasteiger partial charge >= 0.3 is 0 Å². The lowest BCUT2D eigenvalue weighted by molar-refractivity contribution is -0.138. The summed E-state index contributed by atoms with van der Waals surface area (Å²) in [6.07, 6.45) is 2.97. The van der Waals surface area contributed by atoms with Gasteiger partial charge in [-0.25, -0.2) is 0 Å². The van der Waals surface area contributed by atoms with E-state index < -0.39 is 0 Å². The Morgan fingerprint density at radius 2 is 2.06 bits per heavy atom. The van der Waals surface area contributed by atoms with Crippen LogP contribution < -0.4 is 5.73 Å². The Morgan fingerprint density at radius 3 is 2.50 bits per heavy atom. The van der Waals surface area contributed by atoms with Crippen molar-refractivity contribution in [1.29, 1.82) is 0 Å². The molecule has 0 aromatic heterocycles. The van der Waals surface area contributed by atoms with Gasteiger partial charge in [0.05, 0.1) is 0 Å². The Balaban J connectivity index is 2.60. The largest absolute Gasteiger partial charge is 0.340 e.